The van der Waals surface area contributed by atoms with Gasteiger partial charge in [0, 0.05) is 41.9 Å². The Morgan fingerprint density at radius 3 is 2.44 bits per heavy atom. The molecule has 2 atom stereocenters. The van der Waals surface area contributed by atoms with Crippen LogP contribution < -0.4 is 44.1 Å². The second-order valence-electron chi connectivity index (χ2n) is 7.73. The van der Waals surface area contributed by atoms with E-state index in [9.17, 15) is 19.4 Å². The molecule has 3 rings (SSSR count). The third-order valence-corrected chi connectivity index (χ3v) is 5.17. The first-order valence-corrected chi connectivity index (χ1v) is 11.1. The number of ether oxygens (including phenoxy) is 3. The van der Waals surface area contributed by atoms with Gasteiger partial charge in [-0.3, -0.25) is 0 Å². The number of aliphatic hydroxyl groups is 2. The van der Waals surface area contributed by atoms with Crippen LogP contribution >= 0.6 is 0 Å². The summed E-state index contributed by atoms with van der Waals surface area (Å²) < 4.78 is 31.0. The zero-order valence-electron chi connectivity index (χ0n) is 20.4. The summed E-state index contributed by atoms with van der Waals surface area (Å²) in [4.78, 5) is 15.2. The molecule has 36 heavy (non-hydrogen) atoms. The molecule has 0 aliphatic rings. The van der Waals surface area contributed by atoms with Crippen LogP contribution in [0.15, 0.2) is 54.6 Å². The molecular formula is C26H27FNNaO7. The van der Waals surface area contributed by atoms with Gasteiger partial charge in [-0.25, -0.2) is 9.37 Å². The summed E-state index contributed by atoms with van der Waals surface area (Å²) in [5.41, 5.74) is 2.80. The van der Waals surface area contributed by atoms with Crippen LogP contribution in [0, 0.1) is 12.7 Å². The van der Waals surface area contributed by atoms with Gasteiger partial charge in [0.1, 0.15) is 24.8 Å². The minimum atomic E-state index is -1.39. The van der Waals surface area contributed by atoms with Crippen LogP contribution in [0.4, 0.5) is 4.39 Å². The predicted octanol–water partition coefficient (Wildman–Crippen LogP) is -0.314. The van der Waals surface area contributed by atoms with Crippen LogP contribution in [-0.4, -0.2) is 40.7 Å². The van der Waals surface area contributed by atoms with E-state index in [0.29, 0.717) is 34.7 Å². The summed E-state index contributed by atoms with van der Waals surface area (Å²) in [5, 5.41) is 29.3. The summed E-state index contributed by atoms with van der Waals surface area (Å²) >= 11 is 0. The second-order valence-corrected chi connectivity index (χ2v) is 7.73. The average molecular weight is 507 g/mol. The molecule has 3 aromatic rings. The molecule has 2 aromatic carbocycles. The molecule has 0 saturated carbocycles. The molecule has 0 spiro atoms. The predicted molar refractivity (Wildman–Crippen MR) is 123 cm³/mol. The number of aliphatic hydroxyl groups excluding tert-OH is 2. The average Bonchev–Trinajstić information content (AvgIpc) is 2.83. The summed E-state index contributed by atoms with van der Waals surface area (Å²) in [6, 6.07) is 14.7. The summed E-state index contributed by atoms with van der Waals surface area (Å²) in [7, 11) is 0. The van der Waals surface area contributed by atoms with Gasteiger partial charge >= 0.3 is 29.6 Å². The van der Waals surface area contributed by atoms with E-state index >= 15 is 0 Å². The third kappa shape index (κ3) is 8.26. The van der Waals surface area contributed by atoms with Gasteiger partial charge in [-0.1, -0.05) is 18.2 Å². The van der Waals surface area contributed by atoms with Crippen LogP contribution in [0.5, 0.6) is 11.6 Å². The van der Waals surface area contributed by atoms with E-state index in [1.54, 1.807) is 56.3 Å². The molecule has 1 heterocycles. The number of carbonyl (C=O) groups is 1. The molecule has 0 aliphatic heterocycles. The number of aromatic nitrogens is 1. The van der Waals surface area contributed by atoms with Crippen molar-refractivity contribution in [2.75, 3.05) is 13.2 Å². The number of halogens is 1. The fourth-order valence-corrected chi connectivity index (χ4v) is 3.50. The molecule has 0 aliphatic carbocycles. The van der Waals surface area contributed by atoms with Gasteiger partial charge in [0.25, 0.3) is 0 Å². The van der Waals surface area contributed by atoms with E-state index in [-0.39, 0.29) is 48.5 Å². The second kappa shape index (κ2) is 14.3. The van der Waals surface area contributed by atoms with E-state index in [1.807, 2.05) is 0 Å². The van der Waals surface area contributed by atoms with Crippen molar-refractivity contribution in [2.24, 2.45) is 0 Å². The Labute approximate surface area is 231 Å². The number of aryl methyl sites for hydroxylation is 1. The minimum Gasteiger partial charge on any atom is -0.550 e. The maximum atomic E-state index is 14.6. The normalized spacial score (nSPS) is 12.4. The topological polar surface area (TPSA) is 121 Å². The van der Waals surface area contributed by atoms with Gasteiger partial charge in [0.15, 0.2) is 0 Å². The van der Waals surface area contributed by atoms with E-state index < -0.39 is 30.8 Å². The monoisotopic (exact) mass is 507 g/mol. The Morgan fingerprint density at radius 2 is 1.83 bits per heavy atom. The SMILES string of the molecule is CCO[C@@H](CC(=O)[O-])c1ccc(OCc2ccc(F)c(-c3ccc(OC(O)CO)nc3C)c2)cc1.[Na+]. The first-order valence-electron chi connectivity index (χ1n) is 11.1. The van der Waals surface area contributed by atoms with Gasteiger partial charge in [0.2, 0.25) is 12.2 Å². The molecule has 1 unspecified atom stereocenters. The van der Waals surface area contributed by atoms with E-state index in [4.69, 9.17) is 19.3 Å². The Morgan fingerprint density at radius 1 is 1.11 bits per heavy atom. The molecule has 8 nitrogen and oxygen atoms in total. The van der Waals surface area contributed by atoms with Crippen molar-refractivity contribution in [3.8, 4) is 22.8 Å². The maximum absolute atomic E-state index is 14.6. The van der Waals surface area contributed by atoms with Crippen molar-refractivity contribution in [3.63, 3.8) is 0 Å². The fraction of sp³-hybridized carbons (Fsp3) is 0.308. The molecule has 2 N–H and O–H groups in total. The van der Waals surface area contributed by atoms with Crippen molar-refractivity contribution in [1.82, 2.24) is 4.98 Å². The minimum absolute atomic E-state index is 0. The van der Waals surface area contributed by atoms with Gasteiger partial charge in [-0.15, -0.1) is 0 Å². The Balaban J connectivity index is 0.00000456. The molecule has 10 heteroatoms. The number of carboxylic acid groups (broad SMARTS) is 1. The van der Waals surface area contributed by atoms with Crippen molar-refractivity contribution in [2.45, 2.75) is 39.3 Å². The zero-order chi connectivity index (χ0) is 25.4. The van der Waals surface area contributed by atoms with Gasteiger partial charge in [-0.05, 0) is 55.3 Å². The number of rotatable bonds is 12. The zero-order valence-corrected chi connectivity index (χ0v) is 22.4. The van der Waals surface area contributed by atoms with Crippen LogP contribution in [-0.2, 0) is 16.1 Å². The number of hydrogen-bond donors (Lipinski definition) is 2. The number of hydrogen-bond acceptors (Lipinski definition) is 8. The van der Waals surface area contributed by atoms with Crippen LogP contribution in [0.25, 0.3) is 11.1 Å². The first kappa shape index (κ1) is 29.7. The number of carbonyl (C=O) groups excluding carboxylic acids is 1. The quantitative estimate of drug-likeness (QED) is 0.253. The van der Waals surface area contributed by atoms with E-state index in [0.717, 1.165) is 5.56 Å². The molecular weight excluding hydrogens is 480 g/mol. The van der Waals surface area contributed by atoms with Crippen molar-refractivity contribution >= 4 is 5.97 Å². The number of nitrogens with zero attached hydrogens (tertiary/aromatic N) is 1. The molecule has 0 fully saturated rings. The van der Waals surface area contributed by atoms with E-state index in [2.05, 4.69) is 4.98 Å². The smallest absolute Gasteiger partial charge is 0.550 e. The summed E-state index contributed by atoms with van der Waals surface area (Å²) in [6.45, 7) is 3.45. The van der Waals surface area contributed by atoms with Gasteiger partial charge in [0.05, 0.1) is 6.10 Å². The Bertz CT molecular complexity index is 1140. The Hall–Kier alpha value is -2.53. The molecule has 0 radical (unpaired) electrons. The first-order chi connectivity index (χ1) is 16.8. The standard InChI is InChI=1S/C26H28FNO7.Na/c1-3-33-23(13-25(30)31)18-5-7-19(8-6-18)34-15-17-4-10-22(27)21(12-17)20-9-11-24(28-16(20)2)35-26(32)14-29;/h4-12,23,26,29,32H,3,13-15H2,1-2H3,(H,30,31);/q;+1/p-1/t23-,26?;/m0./s1. The molecule has 0 saturated heterocycles. The number of aliphatic carboxylic acids is 1. The molecule has 0 amide bonds. The Kier molecular flexibility index (Phi) is 11.8. The number of carboxylic acids is 1. The van der Waals surface area contributed by atoms with Crippen molar-refractivity contribution < 1.29 is 68.3 Å². The molecule has 0 bridgehead atoms. The third-order valence-electron chi connectivity index (χ3n) is 5.17. The van der Waals surface area contributed by atoms with Crippen LogP contribution in [0.2, 0.25) is 0 Å². The summed E-state index contributed by atoms with van der Waals surface area (Å²) in [6.07, 6.45) is -2.23. The summed E-state index contributed by atoms with van der Waals surface area (Å²) in [5.74, 6) is -0.944. The fourth-order valence-electron chi connectivity index (χ4n) is 3.50. The van der Waals surface area contributed by atoms with Crippen molar-refractivity contribution in [1.29, 1.82) is 0 Å². The molecule has 186 valence electrons. The maximum Gasteiger partial charge on any atom is 1.00 e. The van der Waals surface area contributed by atoms with Gasteiger partial charge < -0.3 is 34.3 Å². The van der Waals surface area contributed by atoms with Crippen LogP contribution in [0.1, 0.15) is 36.3 Å². The molecule has 1 aromatic heterocycles. The van der Waals surface area contributed by atoms with Crippen molar-refractivity contribution in [3.05, 3.63) is 77.2 Å². The van der Waals surface area contributed by atoms with Crippen LogP contribution in [0.3, 0.4) is 0 Å². The van der Waals surface area contributed by atoms with Gasteiger partial charge in [-0.2, -0.15) is 0 Å². The number of benzene rings is 2. The largest absolute Gasteiger partial charge is 1.00 e. The van der Waals surface area contributed by atoms with E-state index in [1.165, 1.54) is 12.1 Å². The number of pyridine rings is 1.